The van der Waals surface area contributed by atoms with Crippen LogP contribution in [-0.4, -0.2) is 0 Å². The first-order chi connectivity index (χ1) is 32.7. The van der Waals surface area contributed by atoms with Crippen LogP contribution in [-0.2, 0) is 0 Å². The summed E-state index contributed by atoms with van der Waals surface area (Å²) < 4.78 is 7.29. The molecule has 1 aliphatic rings. The Labute approximate surface area is 385 Å². The van der Waals surface area contributed by atoms with Gasteiger partial charge in [0.2, 0.25) is 0 Å². The van der Waals surface area contributed by atoms with Gasteiger partial charge in [0.25, 0.3) is 0 Å². The monoisotopic (exact) mass is 845 g/mol. The summed E-state index contributed by atoms with van der Waals surface area (Å²) in [5.74, 6) is 0.518. The Hall–Kier alpha value is -7.94. The van der Waals surface area contributed by atoms with Crippen molar-refractivity contribution in [3.05, 3.63) is 224 Å². The molecule has 0 amide bonds. The lowest BCUT2D eigenvalue weighted by Crippen LogP contribution is -2.10. The third-order valence-corrected chi connectivity index (χ3v) is 14.4. The fraction of sp³-hybridized carbons (Fsp3) is 0.0938. The Balaban J connectivity index is 0.937. The van der Waals surface area contributed by atoms with Crippen molar-refractivity contribution in [3.63, 3.8) is 0 Å². The highest BCUT2D eigenvalue weighted by atomic mass is 16.3. The maximum atomic E-state index is 7.29. The van der Waals surface area contributed by atoms with Gasteiger partial charge in [-0.3, -0.25) is 0 Å². The minimum Gasteiger partial charge on any atom is -0.454 e. The lowest BCUT2D eigenvalue weighted by atomic mass is 9.83. The number of hydrogen-bond donors (Lipinski definition) is 0. The second kappa shape index (κ2) is 15.9. The van der Waals surface area contributed by atoms with Crippen molar-refractivity contribution in [2.75, 3.05) is 4.90 Å². The van der Waals surface area contributed by atoms with E-state index in [4.69, 9.17) is 4.42 Å². The van der Waals surface area contributed by atoms with Crippen LogP contribution in [0.25, 0.3) is 98.4 Å². The lowest BCUT2D eigenvalue weighted by Gasteiger charge is -2.26. The molecule has 0 unspecified atom stereocenters. The molecule has 2 nitrogen and oxygen atoms in total. The van der Waals surface area contributed by atoms with Crippen molar-refractivity contribution >= 4 is 82.1 Å². The van der Waals surface area contributed by atoms with Crippen molar-refractivity contribution in [1.29, 1.82) is 0 Å². The van der Waals surface area contributed by atoms with Crippen LogP contribution in [0, 0.1) is 0 Å². The highest BCUT2D eigenvalue weighted by Gasteiger charge is 2.26. The molecule has 2 heteroatoms. The molecule has 11 aromatic carbocycles. The van der Waals surface area contributed by atoms with Crippen molar-refractivity contribution in [3.8, 4) is 33.4 Å². The summed E-state index contributed by atoms with van der Waals surface area (Å²) in [6.45, 7) is 0. The number of anilines is 3. The van der Waals surface area contributed by atoms with Crippen LogP contribution >= 0.6 is 0 Å². The molecule has 0 saturated heterocycles. The second-order valence-electron chi connectivity index (χ2n) is 18.3. The van der Waals surface area contributed by atoms with E-state index in [1.54, 1.807) is 0 Å². The van der Waals surface area contributed by atoms with E-state index in [0.29, 0.717) is 5.92 Å². The molecule has 1 heterocycles. The number of rotatable bonds is 7. The van der Waals surface area contributed by atoms with Gasteiger partial charge in [-0.25, -0.2) is 0 Å². The molecule has 12 aromatic rings. The predicted octanol–water partition coefficient (Wildman–Crippen LogP) is 18.7. The summed E-state index contributed by atoms with van der Waals surface area (Å²) in [6.07, 6.45) is 6.31. The number of para-hydroxylation sites is 1. The van der Waals surface area contributed by atoms with E-state index in [1.165, 1.54) is 125 Å². The Bertz CT molecular complexity index is 3790. The third-order valence-electron chi connectivity index (χ3n) is 14.4. The van der Waals surface area contributed by atoms with E-state index < -0.39 is 0 Å². The highest BCUT2D eigenvalue weighted by Crippen LogP contribution is 2.48. The minimum atomic E-state index is 0.518. The second-order valence-corrected chi connectivity index (χ2v) is 18.3. The van der Waals surface area contributed by atoms with Gasteiger partial charge in [-0.15, -0.1) is 0 Å². The Morgan fingerprint density at radius 2 is 0.864 bits per heavy atom. The zero-order chi connectivity index (χ0) is 43.6. The van der Waals surface area contributed by atoms with E-state index in [1.807, 2.05) is 0 Å². The molecule has 0 bridgehead atoms. The maximum absolute atomic E-state index is 7.29. The summed E-state index contributed by atoms with van der Waals surface area (Å²) in [5, 5.41) is 12.3. The normalized spacial score (nSPS) is 13.4. The van der Waals surface area contributed by atoms with Gasteiger partial charge in [0.15, 0.2) is 5.58 Å². The highest BCUT2D eigenvalue weighted by molar-refractivity contribution is 6.23. The molecule has 1 fully saturated rings. The molecule has 314 valence electrons. The number of benzene rings is 11. The topological polar surface area (TPSA) is 16.4 Å². The first-order valence-electron chi connectivity index (χ1n) is 23.6. The minimum absolute atomic E-state index is 0.518. The number of nitrogens with zero attached hydrogens (tertiary/aromatic N) is 1. The zero-order valence-electron chi connectivity index (χ0n) is 36.8. The summed E-state index contributed by atoms with van der Waals surface area (Å²) in [4.78, 5) is 2.41. The van der Waals surface area contributed by atoms with Crippen molar-refractivity contribution < 1.29 is 4.42 Å². The summed E-state index contributed by atoms with van der Waals surface area (Å²) in [6, 6.07) is 80.4. The Morgan fingerprint density at radius 3 is 1.58 bits per heavy atom. The summed E-state index contributed by atoms with van der Waals surface area (Å²) in [7, 11) is 0. The Kier molecular flexibility index (Phi) is 9.30. The first-order valence-corrected chi connectivity index (χ1v) is 23.6. The van der Waals surface area contributed by atoms with Gasteiger partial charge < -0.3 is 9.32 Å². The fourth-order valence-corrected chi connectivity index (χ4v) is 11.0. The van der Waals surface area contributed by atoms with Gasteiger partial charge in [-0.1, -0.05) is 189 Å². The van der Waals surface area contributed by atoms with E-state index >= 15 is 0 Å². The summed E-state index contributed by atoms with van der Waals surface area (Å²) >= 11 is 0. The van der Waals surface area contributed by atoms with Crippen molar-refractivity contribution in [2.24, 2.45) is 0 Å². The van der Waals surface area contributed by atoms with Crippen molar-refractivity contribution in [2.45, 2.75) is 38.0 Å². The number of hydrogen-bond acceptors (Lipinski definition) is 2. The first kappa shape index (κ1) is 38.5. The van der Waals surface area contributed by atoms with E-state index in [0.717, 1.165) is 28.2 Å². The molecule has 0 N–H and O–H groups in total. The average Bonchev–Trinajstić information content (AvgIpc) is 3.79. The van der Waals surface area contributed by atoms with Gasteiger partial charge >= 0.3 is 0 Å². The molecule has 1 aromatic heterocycles. The molecule has 0 radical (unpaired) electrons. The fourth-order valence-electron chi connectivity index (χ4n) is 11.0. The molecule has 1 saturated carbocycles. The molecule has 66 heavy (non-hydrogen) atoms. The molecule has 0 atom stereocenters. The number of fused-ring (bicyclic) bond motifs is 8. The number of furan rings is 1. The van der Waals surface area contributed by atoms with E-state index in [2.05, 4.69) is 223 Å². The smallest absolute Gasteiger partial charge is 0.160 e. The Morgan fingerprint density at radius 1 is 0.348 bits per heavy atom. The van der Waals surface area contributed by atoms with Crippen LogP contribution in [0.3, 0.4) is 0 Å². The van der Waals surface area contributed by atoms with Crippen LogP contribution in [0.5, 0.6) is 0 Å². The van der Waals surface area contributed by atoms with Crippen LogP contribution in [0.4, 0.5) is 17.1 Å². The molecule has 13 rings (SSSR count). The average molecular weight is 846 g/mol. The molecule has 0 aliphatic heterocycles. The van der Waals surface area contributed by atoms with Gasteiger partial charge in [0, 0.05) is 22.1 Å². The van der Waals surface area contributed by atoms with Crippen LogP contribution in [0.1, 0.15) is 43.6 Å². The van der Waals surface area contributed by atoms with E-state index in [-0.39, 0.29) is 0 Å². The third kappa shape index (κ3) is 6.63. The summed E-state index contributed by atoms with van der Waals surface area (Å²) in [5.41, 5.74) is 13.8. The SMILES string of the molecule is c1ccc2cc(-c3ccc4cc(-c5ccc(N(c6ccc(-c7cccc8ccccc78)cc6)c6cc7ccccc7c7c6oc6c(C8CCCCC8)cccc67)cc5)ccc4c3)ccc2c1. The zero-order valence-corrected chi connectivity index (χ0v) is 36.8. The predicted molar refractivity (Wildman–Crippen MR) is 281 cm³/mol. The van der Waals surface area contributed by atoms with Crippen LogP contribution in [0.2, 0.25) is 0 Å². The molecule has 0 spiro atoms. The standard InChI is InChI=1S/C64H47NO/c1-2-13-45(14-3-1)59-22-11-23-60-62-58-20-9-7-17-53(58)41-61(64(62)66-63(59)60)65(55-36-32-46(33-37-55)57-21-10-18-44-15-6-8-19-56(44)57)54-34-30-43(31-35-54)48-26-27-51-40-52(29-28-50(51)39-48)49-25-24-42-12-4-5-16-47(42)38-49/h4-12,15-41,45H,1-3,13-14H2. The largest absolute Gasteiger partial charge is 0.454 e. The lowest BCUT2D eigenvalue weighted by molar-refractivity contribution is 0.442. The van der Waals surface area contributed by atoms with Gasteiger partial charge in [0.1, 0.15) is 5.58 Å². The van der Waals surface area contributed by atoms with Gasteiger partial charge in [0.05, 0.1) is 5.69 Å². The molecule has 1 aliphatic carbocycles. The van der Waals surface area contributed by atoms with Crippen LogP contribution in [0.15, 0.2) is 223 Å². The molecular weight excluding hydrogens is 799 g/mol. The quantitative estimate of drug-likeness (QED) is 0.159. The van der Waals surface area contributed by atoms with Gasteiger partial charge in [-0.2, -0.15) is 0 Å². The van der Waals surface area contributed by atoms with Crippen LogP contribution < -0.4 is 4.90 Å². The van der Waals surface area contributed by atoms with Crippen molar-refractivity contribution in [1.82, 2.24) is 0 Å². The molecular formula is C64H47NO. The maximum Gasteiger partial charge on any atom is 0.160 e. The van der Waals surface area contributed by atoms with Gasteiger partial charge in [-0.05, 0) is 149 Å². The van der Waals surface area contributed by atoms with E-state index in [9.17, 15) is 0 Å².